The number of rotatable bonds is 8. The van der Waals surface area contributed by atoms with Crippen LogP contribution in [0.4, 0.5) is 11.4 Å². The van der Waals surface area contributed by atoms with Crippen LogP contribution in [0.1, 0.15) is 10.4 Å². The van der Waals surface area contributed by atoms with E-state index in [1.54, 1.807) is 31.5 Å². The van der Waals surface area contributed by atoms with Crippen LogP contribution >= 0.6 is 11.6 Å². The molecule has 0 aliphatic carbocycles. The number of carbonyl (C=O) groups excluding carboxylic acids is 1. The van der Waals surface area contributed by atoms with Crippen LogP contribution in [0.5, 0.6) is 11.5 Å². The summed E-state index contributed by atoms with van der Waals surface area (Å²) in [6, 6.07) is 5.11. The summed E-state index contributed by atoms with van der Waals surface area (Å²) in [4.78, 5) is 18.4. The molecule has 0 saturated carbocycles. The number of nitrogens with zero attached hydrogens (tertiary/aromatic N) is 2. The van der Waals surface area contributed by atoms with Crippen molar-refractivity contribution >= 4 is 28.9 Å². The van der Waals surface area contributed by atoms with Crippen LogP contribution in [0.3, 0.4) is 0 Å². The number of anilines is 2. The number of likely N-dealkylation sites (N-methyl/N-ethyl adjacent to an activating group) is 1. The third kappa shape index (κ3) is 5.24. The zero-order valence-electron chi connectivity index (χ0n) is 15.3. The maximum atomic E-state index is 12.2. The van der Waals surface area contributed by atoms with Gasteiger partial charge in [-0.3, -0.25) is 9.78 Å². The van der Waals surface area contributed by atoms with E-state index in [1.807, 2.05) is 19.0 Å². The van der Waals surface area contributed by atoms with Crippen LogP contribution in [0.2, 0.25) is 5.02 Å². The van der Waals surface area contributed by atoms with Gasteiger partial charge in [-0.05, 0) is 20.2 Å². The summed E-state index contributed by atoms with van der Waals surface area (Å²) in [5.41, 5.74) is 1.77. The monoisotopic (exact) mass is 378 g/mol. The van der Waals surface area contributed by atoms with Gasteiger partial charge in [0.05, 0.1) is 42.4 Å². The Labute approximate surface area is 158 Å². The molecular formula is C18H23ClN4O3. The average Bonchev–Trinajstić information content (AvgIpc) is 2.62. The van der Waals surface area contributed by atoms with Gasteiger partial charge in [0.1, 0.15) is 11.5 Å². The predicted octanol–water partition coefficient (Wildman–Crippen LogP) is 2.79. The third-order valence-corrected chi connectivity index (χ3v) is 3.89. The van der Waals surface area contributed by atoms with Crippen molar-refractivity contribution in [2.24, 2.45) is 0 Å². The molecule has 1 aromatic heterocycles. The van der Waals surface area contributed by atoms with E-state index in [0.29, 0.717) is 40.0 Å². The van der Waals surface area contributed by atoms with E-state index in [4.69, 9.17) is 21.1 Å². The molecule has 0 spiro atoms. The molecule has 2 aromatic rings. The first kappa shape index (κ1) is 19.8. The van der Waals surface area contributed by atoms with Gasteiger partial charge in [0.2, 0.25) is 0 Å². The number of amides is 1. The highest BCUT2D eigenvalue weighted by Crippen LogP contribution is 2.37. The molecule has 1 aromatic carbocycles. The number of aromatic nitrogens is 1. The van der Waals surface area contributed by atoms with Gasteiger partial charge < -0.3 is 25.0 Å². The standard InChI is InChI=1S/C18H23ClN4O3/c1-23(2)6-5-21-18(24)12-7-13(11-20-10-12)22-15-9-16(25-3)14(19)8-17(15)26-4/h7-11,22H,5-6H2,1-4H3,(H,21,24). The number of halogens is 1. The lowest BCUT2D eigenvalue weighted by molar-refractivity contribution is 0.0950. The topological polar surface area (TPSA) is 75.7 Å². The summed E-state index contributed by atoms with van der Waals surface area (Å²) in [6.07, 6.45) is 3.15. The van der Waals surface area contributed by atoms with Crippen LogP contribution < -0.4 is 20.1 Å². The summed E-state index contributed by atoms with van der Waals surface area (Å²) in [6.45, 7) is 1.32. The van der Waals surface area contributed by atoms with Gasteiger partial charge >= 0.3 is 0 Å². The van der Waals surface area contributed by atoms with Crippen molar-refractivity contribution in [3.05, 3.63) is 41.2 Å². The van der Waals surface area contributed by atoms with E-state index in [-0.39, 0.29) is 5.91 Å². The minimum atomic E-state index is -0.177. The molecule has 7 nitrogen and oxygen atoms in total. The van der Waals surface area contributed by atoms with Crippen molar-refractivity contribution in [2.45, 2.75) is 0 Å². The van der Waals surface area contributed by atoms with Gasteiger partial charge in [0.25, 0.3) is 5.91 Å². The van der Waals surface area contributed by atoms with Crippen molar-refractivity contribution < 1.29 is 14.3 Å². The molecule has 0 saturated heterocycles. The van der Waals surface area contributed by atoms with Crippen LogP contribution in [-0.2, 0) is 0 Å². The van der Waals surface area contributed by atoms with Crippen LogP contribution in [0.15, 0.2) is 30.6 Å². The number of carbonyl (C=O) groups is 1. The first-order valence-electron chi connectivity index (χ1n) is 8.01. The highest BCUT2D eigenvalue weighted by molar-refractivity contribution is 6.32. The Kier molecular flexibility index (Phi) is 7.06. The summed E-state index contributed by atoms with van der Waals surface area (Å²) in [7, 11) is 6.99. The Bertz CT molecular complexity index is 768. The Morgan fingerprint density at radius 3 is 2.54 bits per heavy atom. The first-order chi connectivity index (χ1) is 12.4. The highest BCUT2D eigenvalue weighted by Gasteiger charge is 2.12. The average molecular weight is 379 g/mol. The Morgan fingerprint density at radius 1 is 1.15 bits per heavy atom. The summed E-state index contributed by atoms with van der Waals surface area (Å²) in [5, 5.41) is 6.49. The SMILES string of the molecule is COc1cc(Nc2cncc(C(=O)NCCN(C)C)c2)c(OC)cc1Cl. The van der Waals surface area contributed by atoms with Crippen LogP contribution in [0, 0.1) is 0 Å². The maximum absolute atomic E-state index is 12.2. The number of benzene rings is 1. The van der Waals surface area contributed by atoms with E-state index in [2.05, 4.69) is 15.6 Å². The summed E-state index contributed by atoms with van der Waals surface area (Å²) >= 11 is 6.12. The van der Waals surface area contributed by atoms with Crippen molar-refractivity contribution in [1.29, 1.82) is 0 Å². The number of hydrogen-bond acceptors (Lipinski definition) is 6. The molecule has 1 amide bonds. The second-order valence-electron chi connectivity index (χ2n) is 5.83. The molecule has 140 valence electrons. The van der Waals surface area contributed by atoms with Gasteiger partial charge in [-0.15, -0.1) is 0 Å². The highest BCUT2D eigenvalue weighted by atomic mass is 35.5. The zero-order valence-corrected chi connectivity index (χ0v) is 16.1. The second kappa shape index (κ2) is 9.26. The quantitative estimate of drug-likeness (QED) is 0.735. The number of methoxy groups -OCH3 is 2. The van der Waals surface area contributed by atoms with Crippen molar-refractivity contribution in [3.63, 3.8) is 0 Å². The Morgan fingerprint density at radius 2 is 1.88 bits per heavy atom. The molecule has 0 aliphatic rings. The van der Waals surface area contributed by atoms with Crippen molar-refractivity contribution in [1.82, 2.24) is 15.2 Å². The molecule has 0 bridgehead atoms. The van der Waals surface area contributed by atoms with E-state index in [9.17, 15) is 4.79 Å². The molecule has 0 atom stereocenters. The smallest absolute Gasteiger partial charge is 0.252 e. The van der Waals surface area contributed by atoms with Crippen LogP contribution in [-0.4, -0.2) is 57.2 Å². The fourth-order valence-corrected chi connectivity index (χ4v) is 2.47. The van der Waals surface area contributed by atoms with E-state index < -0.39 is 0 Å². The van der Waals surface area contributed by atoms with E-state index in [0.717, 1.165) is 6.54 Å². The molecule has 0 radical (unpaired) electrons. The molecule has 0 unspecified atom stereocenters. The maximum Gasteiger partial charge on any atom is 0.252 e. The largest absolute Gasteiger partial charge is 0.495 e. The minimum Gasteiger partial charge on any atom is -0.495 e. The zero-order chi connectivity index (χ0) is 19.1. The molecule has 2 rings (SSSR count). The molecule has 0 aliphatic heterocycles. The summed E-state index contributed by atoms with van der Waals surface area (Å²) < 4.78 is 10.6. The molecule has 26 heavy (non-hydrogen) atoms. The predicted molar refractivity (Wildman–Crippen MR) is 103 cm³/mol. The molecule has 1 heterocycles. The van der Waals surface area contributed by atoms with Gasteiger partial charge in [0.15, 0.2) is 0 Å². The van der Waals surface area contributed by atoms with Gasteiger partial charge in [-0.1, -0.05) is 11.6 Å². The number of ether oxygens (including phenoxy) is 2. The fraction of sp³-hybridized carbons (Fsp3) is 0.333. The normalized spacial score (nSPS) is 10.5. The minimum absolute atomic E-state index is 0.177. The Hall–Kier alpha value is -2.51. The lowest BCUT2D eigenvalue weighted by Crippen LogP contribution is -2.31. The van der Waals surface area contributed by atoms with E-state index >= 15 is 0 Å². The van der Waals surface area contributed by atoms with Gasteiger partial charge in [-0.25, -0.2) is 0 Å². The lowest BCUT2D eigenvalue weighted by atomic mass is 10.2. The number of hydrogen-bond donors (Lipinski definition) is 2. The fourth-order valence-electron chi connectivity index (χ4n) is 2.24. The third-order valence-electron chi connectivity index (χ3n) is 3.60. The Balaban J connectivity index is 2.17. The van der Waals surface area contributed by atoms with Crippen LogP contribution in [0.25, 0.3) is 0 Å². The van der Waals surface area contributed by atoms with Crippen molar-refractivity contribution in [3.8, 4) is 11.5 Å². The second-order valence-corrected chi connectivity index (χ2v) is 6.24. The first-order valence-corrected chi connectivity index (χ1v) is 8.39. The van der Waals surface area contributed by atoms with E-state index in [1.165, 1.54) is 13.3 Å². The molecule has 2 N–H and O–H groups in total. The summed E-state index contributed by atoms with van der Waals surface area (Å²) in [5.74, 6) is 0.890. The molecule has 0 fully saturated rings. The van der Waals surface area contributed by atoms with Gasteiger partial charge in [-0.2, -0.15) is 0 Å². The molecule has 8 heteroatoms. The lowest BCUT2D eigenvalue weighted by Gasteiger charge is -2.14. The van der Waals surface area contributed by atoms with Crippen molar-refractivity contribution in [2.75, 3.05) is 46.7 Å². The number of pyridine rings is 1. The van der Waals surface area contributed by atoms with Gasteiger partial charge in [0, 0.05) is 31.4 Å². The number of nitrogens with one attached hydrogen (secondary N) is 2. The molecular weight excluding hydrogens is 356 g/mol.